The molecule has 1 heterocycles. The maximum absolute atomic E-state index is 10.6. The second-order valence-electron chi connectivity index (χ2n) is 3.98. The lowest BCUT2D eigenvalue weighted by Crippen LogP contribution is -2.10. The van der Waals surface area contributed by atoms with E-state index in [-0.39, 0.29) is 5.91 Å². The van der Waals surface area contributed by atoms with Crippen LogP contribution in [0, 0.1) is 0 Å². The summed E-state index contributed by atoms with van der Waals surface area (Å²) < 4.78 is 2.22. The molecule has 6 heteroatoms. The van der Waals surface area contributed by atoms with Crippen LogP contribution in [0.5, 0.6) is 0 Å². The smallest absolute Gasteiger partial charge is 0.217 e. The molecule has 0 bridgehead atoms. The second kappa shape index (κ2) is 6.15. The van der Waals surface area contributed by atoms with Crippen LogP contribution >= 0.6 is 27.3 Å². The summed E-state index contributed by atoms with van der Waals surface area (Å²) in [5.41, 5.74) is 6.08. The average Bonchev–Trinajstić information content (AvgIpc) is 2.70. The first-order valence-corrected chi connectivity index (χ1v) is 7.34. The van der Waals surface area contributed by atoms with Gasteiger partial charge >= 0.3 is 0 Å². The molecule has 0 spiro atoms. The number of unbranched alkanes of at least 4 members (excludes halogenated alkanes) is 1. The number of amides is 1. The first kappa shape index (κ1) is 13.3. The number of fused-ring (bicyclic) bond motifs is 1. The number of hydrogen-bond donors (Lipinski definition) is 2. The third-order valence-electron chi connectivity index (χ3n) is 2.48. The van der Waals surface area contributed by atoms with Crippen molar-refractivity contribution < 1.29 is 4.79 Å². The van der Waals surface area contributed by atoms with Crippen LogP contribution in [0.25, 0.3) is 10.2 Å². The van der Waals surface area contributed by atoms with Crippen molar-refractivity contribution in [2.75, 3.05) is 11.9 Å². The van der Waals surface area contributed by atoms with Crippen molar-refractivity contribution in [2.45, 2.75) is 19.3 Å². The number of thiazole rings is 1. The molecule has 1 aromatic heterocycles. The number of primary amides is 1. The van der Waals surface area contributed by atoms with E-state index in [1.807, 2.05) is 12.1 Å². The molecule has 0 aliphatic rings. The highest BCUT2D eigenvalue weighted by Gasteiger charge is 2.03. The number of nitrogens with two attached hydrogens (primary N) is 1. The molecule has 0 atom stereocenters. The number of rotatable bonds is 6. The lowest BCUT2D eigenvalue weighted by molar-refractivity contribution is -0.118. The summed E-state index contributed by atoms with van der Waals surface area (Å²) in [6.07, 6.45) is 2.19. The molecule has 0 saturated heterocycles. The highest BCUT2D eigenvalue weighted by Crippen LogP contribution is 2.28. The van der Waals surface area contributed by atoms with Gasteiger partial charge < -0.3 is 11.1 Å². The highest BCUT2D eigenvalue weighted by atomic mass is 79.9. The van der Waals surface area contributed by atoms with Gasteiger partial charge in [-0.25, -0.2) is 4.98 Å². The molecule has 0 aliphatic heterocycles. The molecule has 96 valence electrons. The minimum Gasteiger partial charge on any atom is -0.370 e. The monoisotopic (exact) mass is 327 g/mol. The van der Waals surface area contributed by atoms with Crippen molar-refractivity contribution in [3.8, 4) is 0 Å². The maximum Gasteiger partial charge on any atom is 0.217 e. The maximum atomic E-state index is 10.6. The quantitative estimate of drug-likeness (QED) is 0.801. The molecule has 4 nitrogen and oxygen atoms in total. The van der Waals surface area contributed by atoms with E-state index < -0.39 is 0 Å². The van der Waals surface area contributed by atoms with Gasteiger partial charge in [0.05, 0.1) is 10.2 Å². The summed E-state index contributed by atoms with van der Waals surface area (Å²) in [6, 6.07) is 6.04. The van der Waals surface area contributed by atoms with E-state index in [4.69, 9.17) is 5.73 Å². The molecule has 18 heavy (non-hydrogen) atoms. The van der Waals surface area contributed by atoms with Crippen LogP contribution in [0.3, 0.4) is 0 Å². The van der Waals surface area contributed by atoms with Gasteiger partial charge in [0, 0.05) is 17.4 Å². The van der Waals surface area contributed by atoms with E-state index in [1.165, 1.54) is 0 Å². The third-order valence-corrected chi connectivity index (χ3v) is 3.95. The SMILES string of the molecule is NC(=O)CCCCNc1nc2ccc(Br)cc2s1. The molecule has 1 aromatic carbocycles. The summed E-state index contributed by atoms with van der Waals surface area (Å²) in [6.45, 7) is 0.814. The molecule has 2 rings (SSSR count). The molecule has 0 fully saturated rings. The van der Waals surface area contributed by atoms with Crippen LogP contribution in [0.1, 0.15) is 19.3 Å². The number of nitrogens with one attached hydrogen (secondary N) is 1. The van der Waals surface area contributed by atoms with Crippen molar-refractivity contribution in [1.29, 1.82) is 0 Å². The largest absolute Gasteiger partial charge is 0.370 e. The number of hydrogen-bond acceptors (Lipinski definition) is 4. The van der Waals surface area contributed by atoms with Crippen LogP contribution in [-0.4, -0.2) is 17.4 Å². The van der Waals surface area contributed by atoms with Gasteiger partial charge in [-0.05, 0) is 31.0 Å². The topological polar surface area (TPSA) is 68.0 Å². The zero-order chi connectivity index (χ0) is 13.0. The Morgan fingerprint density at radius 1 is 1.44 bits per heavy atom. The summed E-state index contributed by atoms with van der Waals surface area (Å²) in [7, 11) is 0. The lowest BCUT2D eigenvalue weighted by atomic mass is 10.2. The Bertz CT molecular complexity index is 555. The number of carbonyl (C=O) groups is 1. The van der Waals surface area contributed by atoms with Gasteiger partial charge in [-0.2, -0.15) is 0 Å². The first-order valence-electron chi connectivity index (χ1n) is 5.73. The fourth-order valence-corrected chi connectivity index (χ4v) is 3.04. The Hall–Kier alpha value is -1.14. The van der Waals surface area contributed by atoms with Crippen LogP contribution in [-0.2, 0) is 4.79 Å². The average molecular weight is 328 g/mol. The standard InChI is InChI=1S/C12H14BrN3OS/c13-8-4-5-9-10(7-8)18-12(16-9)15-6-2-1-3-11(14)17/h4-5,7H,1-3,6H2,(H2,14,17)(H,15,16). The summed E-state index contributed by atoms with van der Waals surface area (Å²) in [5.74, 6) is -0.236. The number of anilines is 1. The fourth-order valence-electron chi connectivity index (χ4n) is 1.59. The van der Waals surface area contributed by atoms with Crippen LogP contribution in [0.4, 0.5) is 5.13 Å². The van der Waals surface area contributed by atoms with Gasteiger partial charge in [-0.3, -0.25) is 4.79 Å². The van der Waals surface area contributed by atoms with Crippen molar-refractivity contribution in [3.05, 3.63) is 22.7 Å². The van der Waals surface area contributed by atoms with Crippen LogP contribution in [0.15, 0.2) is 22.7 Å². The van der Waals surface area contributed by atoms with Gasteiger partial charge in [0.2, 0.25) is 5.91 Å². The van der Waals surface area contributed by atoms with E-state index in [9.17, 15) is 4.79 Å². The van der Waals surface area contributed by atoms with E-state index in [2.05, 4.69) is 32.3 Å². The van der Waals surface area contributed by atoms with Crippen molar-refractivity contribution in [2.24, 2.45) is 5.73 Å². The molecule has 3 N–H and O–H groups in total. The molecule has 2 aromatic rings. The minimum atomic E-state index is -0.236. The van der Waals surface area contributed by atoms with Crippen LogP contribution in [0.2, 0.25) is 0 Å². The Morgan fingerprint density at radius 2 is 2.28 bits per heavy atom. The van der Waals surface area contributed by atoms with Gasteiger partial charge in [0.1, 0.15) is 0 Å². The van der Waals surface area contributed by atoms with Crippen LogP contribution < -0.4 is 11.1 Å². The minimum absolute atomic E-state index is 0.236. The van der Waals surface area contributed by atoms with E-state index in [0.29, 0.717) is 6.42 Å². The number of aromatic nitrogens is 1. The zero-order valence-corrected chi connectivity index (χ0v) is 12.2. The predicted octanol–water partition coefficient (Wildman–Crippen LogP) is 3.13. The Balaban J connectivity index is 1.86. The molecular weight excluding hydrogens is 314 g/mol. The van der Waals surface area contributed by atoms with E-state index >= 15 is 0 Å². The van der Waals surface area contributed by atoms with Crippen molar-refractivity contribution >= 4 is 48.5 Å². The molecule has 0 saturated carbocycles. The van der Waals surface area contributed by atoms with E-state index in [0.717, 1.165) is 39.2 Å². The van der Waals surface area contributed by atoms with Gasteiger partial charge in [0.15, 0.2) is 5.13 Å². The fraction of sp³-hybridized carbons (Fsp3) is 0.333. The second-order valence-corrected chi connectivity index (χ2v) is 5.93. The Labute approximate surface area is 118 Å². The molecule has 0 radical (unpaired) electrons. The summed E-state index contributed by atoms with van der Waals surface area (Å²) in [4.78, 5) is 15.1. The Morgan fingerprint density at radius 3 is 3.06 bits per heavy atom. The highest BCUT2D eigenvalue weighted by molar-refractivity contribution is 9.10. The lowest BCUT2D eigenvalue weighted by Gasteiger charge is -2.00. The number of carbonyl (C=O) groups excluding carboxylic acids is 1. The predicted molar refractivity (Wildman–Crippen MR) is 78.9 cm³/mol. The Kier molecular flexibility index (Phi) is 4.54. The van der Waals surface area contributed by atoms with Gasteiger partial charge in [0.25, 0.3) is 0 Å². The van der Waals surface area contributed by atoms with Gasteiger partial charge in [-0.15, -0.1) is 0 Å². The number of benzene rings is 1. The summed E-state index contributed by atoms with van der Waals surface area (Å²) in [5, 5.41) is 4.19. The van der Waals surface area contributed by atoms with Crippen molar-refractivity contribution in [3.63, 3.8) is 0 Å². The zero-order valence-electron chi connectivity index (χ0n) is 9.78. The van der Waals surface area contributed by atoms with Gasteiger partial charge in [-0.1, -0.05) is 27.3 Å². The molecule has 0 aliphatic carbocycles. The molecule has 0 unspecified atom stereocenters. The van der Waals surface area contributed by atoms with E-state index in [1.54, 1.807) is 11.3 Å². The third kappa shape index (κ3) is 3.68. The molecular formula is C12H14BrN3OS. The number of nitrogens with zero attached hydrogens (tertiary/aromatic N) is 1. The van der Waals surface area contributed by atoms with Crippen molar-refractivity contribution in [1.82, 2.24) is 4.98 Å². The first-order chi connectivity index (χ1) is 8.65. The number of halogens is 1. The molecule has 1 amide bonds. The normalized spacial score (nSPS) is 10.7. The summed E-state index contributed by atoms with van der Waals surface area (Å²) >= 11 is 5.08.